The van der Waals surface area contributed by atoms with Crippen LogP contribution in [0.1, 0.15) is 21.5 Å². The fourth-order valence-electron chi connectivity index (χ4n) is 3.55. The van der Waals surface area contributed by atoms with Crippen LogP contribution in [0, 0.1) is 6.92 Å². The van der Waals surface area contributed by atoms with E-state index in [1.165, 1.54) is 0 Å². The standard InChI is InChI=1S/C26H22ClN3O3/c1-17-7-5-11-20(15-17)29-24(31)19-10-6-12-21(16-19)28-23-22(27)25(32)30(26(23)33)14-13-18-8-3-2-4-9-18/h2-12,15-16,28H,13-14H2,1H3,(H,29,31). The number of hydrogen-bond donors (Lipinski definition) is 2. The average Bonchev–Trinajstić information content (AvgIpc) is 3.01. The Labute approximate surface area is 196 Å². The number of anilines is 2. The van der Waals surface area contributed by atoms with Crippen LogP contribution in [0.4, 0.5) is 11.4 Å². The van der Waals surface area contributed by atoms with Gasteiger partial charge >= 0.3 is 0 Å². The van der Waals surface area contributed by atoms with E-state index in [-0.39, 0.29) is 23.2 Å². The fraction of sp³-hybridized carbons (Fsp3) is 0.115. The molecule has 0 radical (unpaired) electrons. The third-order valence-corrected chi connectivity index (χ3v) is 5.60. The number of nitrogens with zero attached hydrogens (tertiary/aromatic N) is 1. The van der Waals surface area contributed by atoms with Crippen molar-refractivity contribution in [2.24, 2.45) is 0 Å². The maximum Gasteiger partial charge on any atom is 0.278 e. The molecule has 33 heavy (non-hydrogen) atoms. The van der Waals surface area contributed by atoms with E-state index in [4.69, 9.17) is 11.6 Å². The maximum atomic E-state index is 12.9. The molecular weight excluding hydrogens is 438 g/mol. The lowest BCUT2D eigenvalue weighted by molar-refractivity contribution is -0.137. The van der Waals surface area contributed by atoms with Crippen LogP contribution >= 0.6 is 11.6 Å². The minimum atomic E-state index is -0.534. The molecule has 166 valence electrons. The van der Waals surface area contributed by atoms with Gasteiger partial charge in [-0.1, -0.05) is 60.1 Å². The Morgan fingerprint density at radius 2 is 1.61 bits per heavy atom. The minimum Gasteiger partial charge on any atom is -0.350 e. The Balaban J connectivity index is 1.45. The normalized spacial score (nSPS) is 13.5. The molecule has 0 unspecified atom stereocenters. The van der Waals surface area contributed by atoms with E-state index in [1.54, 1.807) is 24.3 Å². The molecule has 6 nitrogen and oxygen atoms in total. The number of halogens is 1. The zero-order valence-electron chi connectivity index (χ0n) is 18.0. The van der Waals surface area contributed by atoms with Crippen molar-refractivity contribution < 1.29 is 14.4 Å². The molecule has 0 bridgehead atoms. The number of hydrogen-bond acceptors (Lipinski definition) is 4. The van der Waals surface area contributed by atoms with Gasteiger partial charge in [-0.05, 0) is 54.8 Å². The number of rotatable bonds is 7. The third-order valence-electron chi connectivity index (χ3n) is 5.25. The summed E-state index contributed by atoms with van der Waals surface area (Å²) < 4.78 is 0. The van der Waals surface area contributed by atoms with Crippen molar-refractivity contribution in [2.75, 3.05) is 17.2 Å². The summed E-state index contributed by atoms with van der Waals surface area (Å²) in [6, 6.07) is 23.7. The highest BCUT2D eigenvalue weighted by molar-refractivity contribution is 6.48. The molecule has 1 aliphatic rings. The second-order valence-corrected chi connectivity index (χ2v) is 8.09. The summed E-state index contributed by atoms with van der Waals surface area (Å²) >= 11 is 6.20. The first-order chi connectivity index (χ1) is 15.9. The molecule has 1 heterocycles. The van der Waals surface area contributed by atoms with Crippen molar-refractivity contribution in [3.8, 4) is 0 Å². The molecule has 0 saturated carbocycles. The molecule has 7 heteroatoms. The molecule has 2 N–H and O–H groups in total. The van der Waals surface area contributed by atoms with Crippen molar-refractivity contribution in [1.82, 2.24) is 4.90 Å². The molecular formula is C26H22ClN3O3. The lowest BCUT2D eigenvalue weighted by atomic mass is 10.1. The number of imide groups is 1. The lowest BCUT2D eigenvalue weighted by Crippen LogP contribution is -2.34. The van der Waals surface area contributed by atoms with Gasteiger partial charge in [0.1, 0.15) is 10.7 Å². The molecule has 0 fully saturated rings. The Kier molecular flexibility index (Phi) is 6.56. The van der Waals surface area contributed by atoms with Crippen LogP contribution in [-0.4, -0.2) is 29.2 Å². The predicted octanol–water partition coefficient (Wildman–Crippen LogP) is 4.72. The molecule has 0 saturated heterocycles. The monoisotopic (exact) mass is 459 g/mol. The summed E-state index contributed by atoms with van der Waals surface area (Å²) in [6.07, 6.45) is 0.532. The molecule has 0 aromatic heterocycles. The number of carbonyl (C=O) groups excluding carboxylic acids is 3. The van der Waals surface area contributed by atoms with E-state index in [0.29, 0.717) is 23.4 Å². The first-order valence-corrected chi connectivity index (χ1v) is 10.8. The van der Waals surface area contributed by atoms with Gasteiger partial charge in [0.2, 0.25) is 0 Å². The van der Waals surface area contributed by atoms with E-state index < -0.39 is 11.8 Å². The molecule has 0 atom stereocenters. The number of amides is 3. The van der Waals surface area contributed by atoms with Crippen LogP contribution in [-0.2, 0) is 16.0 Å². The Morgan fingerprint density at radius 1 is 0.879 bits per heavy atom. The van der Waals surface area contributed by atoms with Crippen LogP contribution in [0.2, 0.25) is 0 Å². The number of carbonyl (C=O) groups is 3. The molecule has 3 amide bonds. The molecule has 0 aliphatic carbocycles. The third kappa shape index (κ3) is 5.13. The highest BCUT2D eigenvalue weighted by Gasteiger charge is 2.37. The highest BCUT2D eigenvalue weighted by Crippen LogP contribution is 2.26. The van der Waals surface area contributed by atoms with E-state index in [2.05, 4.69) is 10.6 Å². The van der Waals surface area contributed by atoms with Gasteiger partial charge in [0.15, 0.2) is 0 Å². The highest BCUT2D eigenvalue weighted by atomic mass is 35.5. The van der Waals surface area contributed by atoms with Crippen molar-refractivity contribution in [1.29, 1.82) is 0 Å². The lowest BCUT2D eigenvalue weighted by Gasteiger charge is -2.15. The Bertz CT molecular complexity index is 1250. The van der Waals surface area contributed by atoms with E-state index in [0.717, 1.165) is 16.0 Å². The number of nitrogens with one attached hydrogen (secondary N) is 2. The van der Waals surface area contributed by atoms with E-state index >= 15 is 0 Å². The predicted molar refractivity (Wildman–Crippen MR) is 129 cm³/mol. The summed E-state index contributed by atoms with van der Waals surface area (Å²) in [5, 5.41) is 5.61. The summed E-state index contributed by atoms with van der Waals surface area (Å²) in [6.45, 7) is 2.17. The zero-order chi connectivity index (χ0) is 23.4. The van der Waals surface area contributed by atoms with Crippen molar-refractivity contribution in [2.45, 2.75) is 13.3 Å². The first-order valence-electron chi connectivity index (χ1n) is 10.5. The van der Waals surface area contributed by atoms with Crippen molar-refractivity contribution in [3.05, 3.63) is 106 Å². The molecule has 4 rings (SSSR count). The zero-order valence-corrected chi connectivity index (χ0v) is 18.7. The van der Waals surface area contributed by atoms with E-state index in [9.17, 15) is 14.4 Å². The quantitative estimate of drug-likeness (QED) is 0.501. The smallest absolute Gasteiger partial charge is 0.278 e. The van der Waals surface area contributed by atoms with E-state index in [1.807, 2.05) is 61.5 Å². The van der Waals surface area contributed by atoms with Gasteiger partial charge in [-0.25, -0.2) is 0 Å². The van der Waals surface area contributed by atoms with Crippen LogP contribution in [0.5, 0.6) is 0 Å². The Hall–Kier alpha value is -3.90. The van der Waals surface area contributed by atoms with Gasteiger partial charge in [0.25, 0.3) is 17.7 Å². The summed E-state index contributed by atoms with van der Waals surface area (Å²) in [7, 11) is 0. The average molecular weight is 460 g/mol. The second kappa shape index (κ2) is 9.71. The van der Waals surface area contributed by atoms with Crippen LogP contribution in [0.15, 0.2) is 89.6 Å². The van der Waals surface area contributed by atoms with Crippen LogP contribution < -0.4 is 10.6 Å². The van der Waals surface area contributed by atoms with Gasteiger partial charge in [-0.15, -0.1) is 0 Å². The fourth-order valence-corrected chi connectivity index (χ4v) is 3.78. The van der Waals surface area contributed by atoms with Crippen molar-refractivity contribution in [3.63, 3.8) is 0 Å². The van der Waals surface area contributed by atoms with Gasteiger partial charge in [-0.3, -0.25) is 19.3 Å². The minimum absolute atomic E-state index is 0.00553. The number of benzene rings is 3. The van der Waals surface area contributed by atoms with Crippen LogP contribution in [0.25, 0.3) is 0 Å². The first kappa shape index (κ1) is 22.3. The van der Waals surface area contributed by atoms with Gasteiger partial charge in [0, 0.05) is 23.5 Å². The molecule has 3 aromatic carbocycles. The molecule has 1 aliphatic heterocycles. The summed E-state index contributed by atoms with van der Waals surface area (Å²) in [5.41, 5.74) is 3.62. The topological polar surface area (TPSA) is 78.5 Å². The SMILES string of the molecule is Cc1cccc(NC(=O)c2cccc(NC3=C(Cl)C(=O)N(CCc4ccccc4)C3=O)c2)c1. The van der Waals surface area contributed by atoms with Gasteiger partial charge < -0.3 is 10.6 Å². The van der Waals surface area contributed by atoms with Crippen molar-refractivity contribution >= 4 is 40.7 Å². The molecule has 3 aromatic rings. The summed E-state index contributed by atoms with van der Waals surface area (Å²) in [4.78, 5) is 39.2. The largest absolute Gasteiger partial charge is 0.350 e. The maximum absolute atomic E-state index is 12.9. The van der Waals surface area contributed by atoms with Gasteiger partial charge in [0.05, 0.1) is 0 Å². The summed E-state index contributed by atoms with van der Waals surface area (Å²) in [5.74, 6) is -1.31. The molecule has 0 spiro atoms. The number of aryl methyl sites for hydroxylation is 1. The van der Waals surface area contributed by atoms with Crippen LogP contribution in [0.3, 0.4) is 0 Å². The van der Waals surface area contributed by atoms with Gasteiger partial charge in [-0.2, -0.15) is 0 Å². The second-order valence-electron chi connectivity index (χ2n) is 7.72. The Morgan fingerprint density at radius 3 is 2.36 bits per heavy atom.